The number of carbonyl (C=O) groups is 1. The summed E-state index contributed by atoms with van der Waals surface area (Å²) in [6.45, 7) is 0. The lowest BCUT2D eigenvalue weighted by molar-refractivity contribution is 0.103. The lowest BCUT2D eigenvalue weighted by atomic mass is 10.1. The van der Waals surface area contributed by atoms with Gasteiger partial charge in [-0.15, -0.1) is 11.3 Å². The molecule has 2 aromatic carbocycles. The SMILES string of the molecule is O=C(Nc1ccc(Br)c2ccccc12)c1cccs1. The van der Waals surface area contributed by atoms with Gasteiger partial charge in [-0.3, -0.25) is 4.79 Å². The number of thiophene rings is 1. The molecule has 19 heavy (non-hydrogen) atoms. The Morgan fingerprint density at radius 1 is 1.00 bits per heavy atom. The Morgan fingerprint density at radius 3 is 2.53 bits per heavy atom. The van der Waals surface area contributed by atoms with Crippen molar-refractivity contribution in [2.45, 2.75) is 0 Å². The normalized spacial score (nSPS) is 10.6. The maximum Gasteiger partial charge on any atom is 0.265 e. The van der Waals surface area contributed by atoms with Crippen molar-refractivity contribution in [1.82, 2.24) is 0 Å². The van der Waals surface area contributed by atoms with Crippen LogP contribution in [0.15, 0.2) is 58.4 Å². The number of amides is 1. The van der Waals surface area contributed by atoms with E-state index in [1.54, 1.807) is 0 Å². The molecule has 3 aromatic rings. The van der Waals surface area contributed by atoms with E-state index >= 15 is 0 Å². The molecule has 0 spiro atoms. The van der Waals surface area contributed by atoms with Crippen molar-refractivity contribution in [3.63, 3.8) is 0 Å². The maximum absolute atomic E-state index is 12.1. The molecule has 1 heterocycles. The number of hydrogen-bond acceptors (Lipinski definition) is 2. The van der Waals surface area contributed by atoms with Gasteiger partial charge in [-0.25, -0.2) is 0 Å². The molecule has 0 atom stereocenters. The van der Waals surface area contributed by atoms with E-state index in [4.69, 9.17) is 0 Å². The van der Waals surface area contributed by atoms with Crippen molar-refractivity contribution in [3.8, 4) is 0 Å². The first-order valence-corrected chi connectivity index (χ1v) is 7.45. The van der Waals surface area contributed by atoms with Crippen LogP contribution in [0.2, 0.25) is 0 Å². The van der Waals surface area contributed by atoms with Gasteiger partial charge in [-0.05, 0) is 29.0 Å². The predicted molar refractivity (Wildman–Crippen MR) is 83.9 cm³/mol. The minimum atomic E-state index is -0.0672. The highest BCUT2D eigenvalue weighted by atomic mass is 79.9. The molecule has 1 amide bonds. The number of anilines is 1. The fraction of sp³-hybridized carbons (Fsp3) is 0. The van der Waals surface area contributed by atoms with Crippen molar-refractivity contribution in [1.29, 1.82) is 0 Å². The molecule has 0 bridgehead atoms. The zero-order valence-electron chi connectivity index (χ0n) is 9.89. The lowest BCUT2D eigenvalue weighted by Gasteiger charge is -2.09. The molecule has 0 aliphatic carbocycles. The summed E-state index contributed by atoms with van der Waals surface area (Å²) in [7, 11) is 0. The van der Waals surface area contributed by atoms with Crippen LogP contribution in [0.5, 0.6) is 0 Å². The molecule has 94 valence electrons. The minimum Gasteiger partial charge on any atom is -0.321 e. The number of hydrogen-bond donors (Lipinski definition) is 1. The maximum atomic E-state index is 12.1. The summed E-state index contributed by atoms with van der Waals surface area (Å²) in [6, 6.07) is 15.5. The van der Waals surface area contributed by atoms with E-state index in [0.717, 1.165) is 20.9 Å². The first-order valence-electron chi connectivity index (χ1n) is 5.78. The third-order valence-electron chi connectivity index (χ3n) is 2.86. The molecule has 0 radical (unpaired) electrons. The summed E-state index contributed by atoms with van der Waals surface area (Å²) in [5.41, 5.74) is 0.831. The molecule has 3 rings (SSSR count). The van der Waals surface area contributed by atoms with Gasteiger partial charge in [0, 0.05) is 15.5 Å². The largest absolute Gasteiger partial charge is 0.321 e. The van der Waals surface area contributed by atoms with Crippen molar-refractivity contribution in [2.24, 2.45) is 0 Å². The van der Waals surface area contributed by atoms with Crippen LogP contribution in [-0.4, -0.2) is 5.91 Å². The zero-order chi connectivity index (χ0) is 13.2. The van der Waals surface area contributed by atoms with Crippen LogP contribution in [0, 0.1) is 0 Å². The molecular weight excluding hydrogens is 322 g/mol. The van der Waals surface area contributed by atoms with Crippen LogP contribution < -0.4 is 5.32 Å². The Labute approximate surface area is 123 Å². The average molecular weight is 332 g/mol. The van der Waals surface area contributed by atoms with Gasteiger partial charge >= 0.3 is 0 Å². The highest BCUT2D eigenvalue weighted by Gasteiger charge is 2.09. The van der Waals surface area contributed by atoms with Crippen molar-refractivity contribution in [2.75, 3.05) is 5.32 Å². The third kappa shape index (κ3) is 2.41. The molecule has 1 N–H and O–H groups in total. The first-order chi connectivity index (χ1) is 9.25. The van der Waals surface area contributed by atoms with Crippen LogP contribution in [0.3, 0.4) is 0 Å². The van der Waals surface area contributed by atoms with Gasteiger partial charge in [0.05, 0.1) is 4.88 Å². The summed E-state index contributed by atoms with van der Waals surface area (Å²) >= 11 is 4.96. The zero-order valence-corrected chi connectivity index (χ0v) is 12.3. The number of benzene rings is 2. The second-order valence-corrected chi connectivity index (χ2v) is 5.87. The van der Waals surface area contributed by atoms with E-state index in [1.807, 2.05) is 53.9 Å². The number of nitrogens with one attached hydrogen (secondary N) is 1. The second kappa shape index (κ2) is 5.15. The average Bonchev–Trinajstić information content (AvgIpc) is 2.96. The van der Waals surface area contributed by atoms with Crippen LogP contribution in [-0.2, 0) is 0 Å². The fourth-order valence-electron chi connectivity index (χ4n) is 1.96. The molecule has 0 aliphatic heterocycles. The molecular formula is C15H10BrNOS. The van der Waals surface area contributed by atoms with Crippen LogP contribution >= 0.6 is 27.3 Å². The summed E-state index contributed by atoms with van der Waals surface area (Å²) in [5.74, 6) is -0.0672. The van der Waals surface area contributed by atoms with Gasteiger partial charge < -0.3 is 5.32 Å². The van der Waals surface area contributed by atoms with Crippen molar-refractivity contribution < 1.29 is 4.79 Å². The van der Waals surface area contributed by atoms with E-state index < -0.39 is 0 Å². The van der Waals surface area contributed by atoms with E-state index in [1.165, 1.54) is 11.3 Å². The smallest absolute Gasteiger partial charge is 0.265 e. The molecule has 0 saturated carbocycles. The summed E-state index contributed by atoms with van der Waals surface area (Å²) < 4.78 is 1.03. The summed E-state index contributed by atoms with van der Waals surface area (Å²) in [5, 5.41) is 6.98. The highest BCUT2D eigenvalue weighted by Crippen LogP contribution is 2.30. The van der Waals surface area contributed by atoms with Crippen LogP contribution in [0.1, 0.15) is 9.67 Å². The van der Waals surface area contributed by atoms with Crippen molar-refractivity contribution in [3.05, 3.63) is 63.3 Å². The quantitative estimate of drug-likeness (QED) is 0.709. The Balaban J connectivity index is 2.02. The fourth-order valence-corrected chi connectivity index (χ4v) is 3.06. The number of fused-ring (bicyclic) bond motifs is 1. The Bertz CT molecular complexity index is 737. The molecule has 2 nitrogen and oxygen atoms in total. The van der Waals surface area contributed by atoms with Gasteiger partial charge in [0.15, 0.2) is 0 Å². The molecule has 0 aliphatic rings. The van der Waals surface area contributed by atoms with Gasteiger partial charge in [0.2, 0.25) is 0 Å². The second-order valence-electron chi connectivity index (χ2n) is 4.07. The Morgan fingerprint density at radius 2 is 1.79 bits per heavy atom. The van der Waals surface area contributed by atoms with E-state index in [2.05, 4.69) is 21.2 Å². The Kier molecular flexibility index (Phi) is 3.36. The molecule has 1 aromatic heterocycles. The predicted octanol–water partition coefficient (Wildman–Crippen LogP) is 4.92. The van der Waals surface area contributed by atoms with Gasteiger partial charge in [-0.2, -0.15) is 0 Å². The Hall–Kier alpha value is -1.65. The summed E-state index contributed by atoms with van der Waals surface area (Å²) in [6.07, 6.45) is 0. The topological polar surface area (TPSA) is 29.1 Å². The van der Waals surface area contributed by atoms with E-state index in [0.29, 0.717) is 4.88 Å². The third-order valence-corrected chi connectivity index (χ3v) is 4.42. The first kappa shape index (κ1) is 12.4. The van der Waals surface area contributed by atoms with E-state index in [-0.39, 0.29) is 5.91 Å². The number of halogens is 1. The number of carbonyl (C=O) groups excluding carboxylic acids is 1. The van der Waals surface area contributed by atoms with Crippen molar-refractivity contribution >= 4 is 49.6 Å². The molecule has 0 saturated heterocycles. The van der Waals surface area contributed by atoms with Gasteiger partial charge in [0.25, 0.3) is 5.91 Å². The standard InChI is InChI=1S/C15H10BrNOS/c16-12-7-8-13(11-5-2-1-4-10(11)12)17-15(18)14-6-3-9-19-14/h1-9H,(H,17,18). The highest BCUT2D eigenvalue weighted by molar-refractivity contribution is 9.10. The molecule has 4 heteroatoms. The van der Waals surface area contributed by atoms with E-state index in [9.17, 15) is 4.79 Å². The molecule has 0 fully saturated rings. The lowest BCUT2D eigenvalue weighted by Crippen LogP contribution is -2.10. The monoisotopic (exact) mass is 331 g/mol. The van der Waals surface area contributed by atoms with Gasteiger partial charge in [0.1, 0.15) is 0 Å². The van der Waals surface area contributed by atoms with Gasteiger partial charge in [-0.1, -0.05) is 46.3 Å². The van der Waals surface area contributed by atoms with Crippen LogP contribution in [0.25, 0.3) is 10.8 Å². The summed E-state index contributed by atoms with van der Waals surface area (Å²) in [4.78, 5) is 12.8. The number of rotatable bonds is 2. The molecule has 0 unspecified atom stereocenters. The minimum absolute atomic E-state index is 0.0672. The van der Waals surface area contributed by atoms with Crippen LogP contribution in [0.4, 0.5) is 5.69 Å².